The van der Waals surface area contributed by atoms with Crippen LogP contribution in [-0.2, 0) is 27.4 Å². The Balaban J connectivity index is 1.39. The van der Waals surface area contributed by atoms with Crippen LogP contribution in [0.15, 0.2) is 58.3 Å². The highest BCUT2D eigenvalue weighted by atomic mass is 32.1. The maximum atomic E-state index is 13.8. The molecular formula is C27H30N6O5S. The molecule has 11 nitrogen and oxygen atoms in total. The topological polar surface area (TPSA) is 125 Å². The summed E-state index contributed by atoms with van der Waals surface area (Å²) in [5.74, 6) is 1.43. The average molecular weight is 551 g/mol. The minimum atomic E-state index is -0.987. The molecule has 1 aromatic carbocycles. The zero-order valence-electron chi connectivity index (χ0n) is 21.8. The van der Waals surface area contributed by atoms with Gasteiger partial charge in [0, 0.05) is 23.6 Å². The Hall–Kier alpha value is -4.03. The van der Waals surface area contributed by atoms with E-state index < -0.39 is 6.04 Å². The first-order valence-corrected chi connectivity index (χ1v) is 13.6. The zero-order valence-corrected chi connectivity index (χ0v) is 22.6. The highest BCUT2D eigenvalue weighted by Gasteiger charge is 2.35. The molecule has 4 heterocycles. The predicted octanol–water partition coefficient (Wildman–Crippen LogP) is 3.38. The number of rotatable bonds is 11. The van der Waals surface area contributed by atoms with E-state index in [0.29, 0.717) is 36.2 Å². The number of thiophene rings is 1. The highest BCUT2D eigenvalue weighted by Crippen LogP contribution is 2.27. The van der Waals surface area contributed by atoms with Gasteiger partial charge in [-0.1, -0.05) is 6.07 Å². The first-order chi connectivity index (χ1) is 19.0. The Morgan fingerprint density at radius 1 is 1.23 bits per heavy atom. The predicted molar refractivity (Wildman–Crippen MR) is 143 cm³/mol. The highest BCUT2D eigenvalue weighted by molar-refractivity contribution is 7.09. The Labute approximate surface area is 229 Å². The Morgan fingerprint density at radius 2 is 2.08 bits per heavy atom. The number of aryl methyl sites for hydroxylation is 1. The minimum Gasteiger partial charge on any atom is -0.497 e. The standard InChI is InChI=1S/C27H30N6O5S/c1-18-7-12-23(38-18)25(27(35)28-15-21-5-3-13-37-21)32(16-22-6-4-14-39-22)24(34)17-33-30-26(29-31-33)19-8-10-20(36-2)11-9-19/h4,6-12,14,21,25H,3,5,13,15-17H2,1-2H3,(H,28,35)/t21-,25+/m1/s1. The molecule has 4 aromatic rings. The first-order valence-electron chi connectivity index (χ1n) is 12.7. The molecule has 2 amide bonds. The lowest BCUT2D eigenvalue weighted by molar-refractivity contribution is -0.143. The summed E-state index contributed by atoms with van der Waals surface area (Å²) in [4.78, 5) is 31.1. The SMILES string of the molecule is COc1ccc(-c2nnn(CC(=O)N(Cc3cccs3)[C@H](C(=O)NC[C@H]3CCCO3)c3ccc(C)o3)n2)cc1. The summed E-state index contributed by atoms with van der Waals surface area (Å²) in [7, 11) is 1.59. The van der Waals surface area contributed by atoms with Crippen LogP contribution in [0.5, 0.6) is 5.75 Å². The Kier molecular flexibility index (Phi) is 8.33. The zero-order chi connectivity index (χ0) is 27.2. The van der Waals surface area contributed by atoms with E-state index >= 15 is 0 Å². The van der Waals surface area contributed by atoms with E-state index in [2.05, 4.69) is 20.7 Å². The lowest BCUT2D eigenvalue weighted by Crippen LogP contribution is -2.46. The van der Waals surface area contributed by atoms with Crippen molar-refractivity contribution in [3.05, 3.63) is 70.3 Å². The number of carbonyl (C=O) groups excluding carboxylic acids is 2. The van der Waals surface area contributed by atoms with Crippen LogP contribution in [0.1, 0.15) is 35.3 Å². The summed E-state index contributed by atoms with van der Waals surface area (Å²) >= 11 is 1.51. The fraction of sp³-hybridized carbons (Fsp3) is 0.370. The Morgan fingerprint density at radius 3 is 2.74 bits per heavy atom. The van der Waals surface area contributed by atoms with Crippen LogP contribution in [0.4, 0.5) is 0 Å². The van der Waals surface area contributed by atoms with Gasteiger partial charge in [0.25, 0.3) is 5.91 Å². The molecule has 204 valence electrons. The third kappa shape index (κ3) is 6.52. The van der Waals surface area contributed by atoms with E-state index in [1.807, 2.05) is 29.6 Å². The molecule has 1 N–H and O–H groups in total. The fourth-order valence-electron chi connectivity index (χ4n) is 4.41. The van der Waals surface area contributed by atoms with Crippen molar-refractivity contribution in [2.24, 2.45) is 0 Å². The normalized spacial score (nSPS) is 15.7. The van der Waals surface area contributed by atoms with E-state index in [-0.39, 0.29) is 31.0 Å². The summed E-state index contributed by atoms with van der Waals surface area (Å²) in [6, 6.07) is 13.6. The van der Waals surface area contributed by atoms with Gasteiger partial charge in [-0.05, 0) is 72.8 Å². The minimum absolute atomic E-state index is 0.0369. The molecule has 1 saturated heterocycles. The van der Waals surface area contributed by atoms with E-state index in [0.717, 1.165) is 23.3 Å². The van der Waals surface area contributed by atoms with Crippen molar-refractivity contribution in [2.75, 3.05) is 20.3 Å². The van der Waals surface area contributed by atoms with Gasteiger partial charge in [-0.2, -0.15) is 4.80 Å². The van der Waals surface area contributed by atoms with Crippen molar-refractivity contribution in [1.29, 1.82) is 0 Å². The number of nitrogens with one attached hydrogen (secondary N) is 1. The summed E-state index contributed by atoms with van der Waals surface area (Å²) in [5.41, 5.74) is 0.738. The van der Waals surface area contributed by atoms with Crippen LogP contribution in [0, 0.1) is 6.92 Å². The summed E-state index contributed by atoms with van der Waals surface area (Å²) in [6.45, 7) is 2.87. The number of carbonyl (C=O) groups is 2. The van der Waals surface area contributed by atoms with Crippen molar-refractivity contribution in [1.82, 2.24) is 30.4 Å². The number of benzene rings is 1. The van der Waals surface area contributed by atoms with Gasteiger partial charge < -0.3 is 24.1 Å². The van der Waals surface area contributed by atoms with Gasteiger partial charge in [-0.3, -0.25) is 9.59 Å². The second kappa shape index (κ2) is 12.2. The third-order valence-electron chi connectivity index (χ3n) is 6.42. The van der Waals surface area contributed by atoms with Crippen molar-refractivity contribution >= 4 is 23.2 Å². The lowest BCUT2D eigenvalue weighted by atomic mass is 10.1. The van der Waals surface area contributed by atoms with Crippen LogP contribution < -0.4 is 10.1 Å². The number of hydrogen-bond acceptors (Lipinski definition) is 9. The largest absolute Gasteiger partial charge is 0.497 e. The van der Waals surface area contributed by atoms with Gasteiger partial charge >= 0.3 is 0 Å². The molecule has 39 heavy (non-hydrogen) atoms. The smallest absolute Gasteiger partial charge is 0.250 e. The molecule has 0 bridgehead atoms. The molecule has 0 radical (unpaired) electrons. The van der Waals surface area contributed by atoms with Gasteiger partial charge in [0.2, 0.25) is 11.7 Å². The van der Waals surface area contributed by atoms with Crippen molar-refractivity contribution < 1.29 is 23.5 Å². The first kappa shape index (κ1) is 26.6. The van der Waals surface area contributed by atoms with Crippen LogP contribution >= 0.6 is 11.3 Å². The summed E-state index contributed by atoms with van der Waals surface area (Å²) in [6.07, 6.45) is 1.82. The van der Waals surface area contributed by atoms with Gasteiger partial charge in [-0.25, -0.2) is 0 Å². The van der Waals surface area contributed by atoms with Crippen LogP contribution in [0.25, 0.3) is 11.4 Å². The van der Waals surface area contributed by atoms with Crippen LogP contribution in [0.2, 0.25) is 0 Å². The number of aromatic nitrogens is 4. The molecule has 12 heteroatoms. The van der Waals surface area contributed by atoms with E-state index in [4.69, 9.17) is 13.9 Å². The van der Waals surface area contributed by atoms with Crippen LogP contribution in [-0.4, -0.2) is 63.3 Å². The average Bonchev–Trinajstić information content (AvgIpc) is 3.76. The van der Waals surface area contributed by atoms with Crippen molar-refractivity contribution in [2.45, 2.75) is 45.0 Å². The van der Waals surface area contributed by atoms with Gasteiger partial charge in [0.05, 0.1) is 19.8 Å². The second-order valence-electron chi connectivity index (χ2n) is 9.20. The number of furan rings is 1. The van der Waals surface area contributed by atoms with Crippen molar-refractivity contribution in [3.63, 3.8) is 0 Å². The molecule has 1 aliphatic rings. The van der Waals surface area contributed by atoms with Gasteiger partial charge in [-0.15, -0.1) is 21.5 Å². The number of ether oxygens (including phenoxy) is 2. The Bertz CT molecular complexity index is 1380. The summed E-state index contributed by atoms with van der Waals surface area (Å²) < 4.78 is 16.7. The number of amides is 2. The molecule has 1 fully saturated rings. The van der Waals surface area contributed by atoms with Gasteiger partial charge in [0.1, 0.15) is 23.8 Å². The monoisotopic (exact) mass is 550 g/mol. The van der Waals surface area contributed by atoms with E-state index in [9.17, 15) is 9.59 Å². The number of hydrogen-bond donors (Lipinski definition) is 1. The second-order valence-corrected chi connectivity index (χ2v) is 10.2. The number of methoxy groups -OCH3 is 1. The van der Waals surface area contributed by atoms with E-state index in [1.54, 1.807) is 38.3 Å². The molecule has 0 unspecified atom stereocenters. The molecular weight excluding hydrogens is 520 g/mol. The number of nitrogens with zero attached hydrogens (tertiary/aromatic N) is 5. The molecule has 0 saturated carbocycles. The molecule has 0 aliphatic carbocycles. The number of tetrazole rings is 1. The molecule has 5 rings (SSSR count). The molecule has 3 aromatic heterocycles. The fourth-order valence-corrected chi connectivity index (χ4v) is 5.12. The third-order valence-corrected chi connectivity index (χ3v) is 7.28. The quantitative estimate of drug-likeness (QED) is 0.301. The summed E-state index contributed by atoms with van der Waals surface area (Å²) in [5, 5.41) is 17.5. The van der Waals surface area contributed by atoms with E-state index in [1.165, 1.54) is 21.0 Å². The molecule has 2 atom stereocenters. The van der Waals surface area contributed by atoms with Crippen molar-refractivity contribution in [3.8, 4) is 17.1 Å². The van der Waals surface area contributed by atoms with Crippen LogP contribution in [0.3, 0.4) is 0 Å². The maximum Gasteiger partial charge on any atom is 0.250 e. The van der Waals surface area contributed by atoms with Gasteiger partial charge in [0.15, 0.2) is 6.04 Å². The molecule has 1 aliphatic heterocycles. The molecule has 0 spiro atoms. The maximum absolute atomic E-state index is 13.8. The lowest BCUT2D eigenvalue weighted by Gasteiger charge is -2.29.